The van der Waals surface area contributed by atoms with Crippen LogP contribution in [-0.4, -0.2) is 17.0 Å². The van der Waals surface area contributed by atoms with Crippen molar-refractivity contribution >= 4 is 49.0 Å². The Kier molecular flexibility index (Phi) is 4.56. The van der Waals surface area contributed by atoms with Crippen LogP contribution in [-0.2, 0) is 5.41 Å². The number of rotatable bonds is 2. The van der Waals surface area contributed by atoms with Crippen molar-refractivity contribution in [3.8, 4) is 10.7 Å². The lowest BCUT2D eigenvalue weighted by Gasteiger charge is -2.21. The van der Waals surface area contributed by atoms with E-state index in [2.05, 4.69) is 75.9 Å². The van der Waals surface area contributed by atoms with Gasteiger partial charge in [0.2, 0.25) is 0 Å². The van der Waals surface area contributed by atoms with Crippen molar-refractivity contribution < 1.29 is 0 Å². The van der Waals surface area contributed by atoms with Crippen molar-refractivity contribution in [1.82, 2.24) is 9.97 Å². The van der Waals surface area contributed by atoms with Crippen molar-refractivity contribution in [2.24, 2.45) is 0 Å². The number of nitrogens with one attached hydrogen (secondary N) is 1. The van der Waals surface area contributed by atoms with Gasteiger partial charge < -0.3 is 5.32 Å². The number of aromatic nitrogens is 2. The summed E-state index contributed by atoms with van der Waals surface area (Å²) in [5.41, 5.74) is 0.958. The van der Waals surface area contributed by atoms with E-state index in [9.17, 15) is 0 Å². The van der Waals surface area contributed by atoms with Gasteiger partial charge in [-0.15, -0.1) is 11.3 Å². The topological polar surface area (TPSA) is 37.8 Å². The molecule has 2 heterocycles. The van der Waals surface area contributed by atoms with Crippen molar-refractivity contribution in [1.29, 1.82) is 0 Å². The molecule has 108 valence electrons. The summed E-state index contributed by atoms with van der Waals surface area (Å²) in [5, 5.41) is 3.13. The van der Waals surface area contributed by atoms with E-state index in [-0.39, 0.29) is 5.41 Å². The minimum atomic E-state index is -0.0499. The van der Waals surface area contributed by atoms with E-state index >= 15 is 0 Å². The van der Waals surface area contributed by atoms with E-state index in [1.807, 2.05) is 7.05 Å². The van der Waals surface area contributed by atoms with Gasteiger partial charge in [0.15, 0.2) is 5.82 Å². The molecule has 0 spiro atoms. The van der Waals surface area contributed by atoms with Crippen LogP contribution in [0.3, 0.4) is 0 Å². The zero-order valence-corrected chi connectivity index (χ0v) is 16.1. The first-order chi connectivity index (χ1) is 9.24. The van der Waals surface area contributed by atoms with Crippen LogP contribution in [0.4, 0.5) is 5.82 Å². The maximum Gasteiger partial charge on any atom is 0.172 e. The Hall–Kier alpha value is -0.460. The molecule has 2 aromatic rings. The van der Waals surface area contributed by atoms with Crippen LogP contribution in [0.25, 0.3) is 10.7 Å². The van der Waals surface area contributed by atoms with Gasteiger partial charge in [-0.3, -0.25) is 0 Å². The molecule has 0 aliphatic rings. The Morgan fingerprint density at radius 3 is 2.30 bits per heavy atom. The molecule has 3 nitrogen and oxygen atoms in total. The first kappa shape index (κ1) is 15.9. The van der Waals surface area contributed by atoms with Gasteiger partial charge in [-0.25, -0.2) is 9.97 Å². The van der Waals surface area contributed by atoms with Crippen molar-refractivity contribution in [3.63, 3.8) is 0 Å². The summed E-state index contributed by atoms with van der Waals surface area (Å²) < 4.78 is 2.04. The minimum Gasteiger partial charge on any atom is -0.372 e. The van der Waals surface area contributed by atoms with Crippen LogP contribution in [0.5, 0.6) is 0 Å². The van der Waals surface area contributed by atoms with Gasteiger partial charge in [0.1, 0.15) is 5.82 Å². The molecule has 0 aliphatic carbocycles. The molecule has 0 fully saturated rings. The lowest BCUT2D eigenvalue weighted by molar-refractivity contribution is 0.564. The highest BCUT2D eigenvalue weighted by molar-refractivity contribution is 9.11. The van der Waals surface area contributed by atoms with Crippen LogP contribution >= 0.6 is 43.2 Å². The van der Waals surface area contributed by atoms with Gasteiger partial charge in [0.25, 0.3) is 0 Å². The Balaban J connectivity index is 2.66. The SMILES string of the molecule is CNc1nc(-c2cc(Br)c(C)s2)nc(C(C)(C)C)c1Br. The minimum absolute atomic E-state index is 0.0499. The second-order valence-corrected chi connectivity index (χ2v) is 8.48. The molecule has 2 aromatic heterocycles. The van der Waals surface area contributed by atoms with Crippen molar-refractivity contribution in [3.05, 3.63) is 25.6 Å². The molecule has 0 bridgehead atoms. The highest BCUT2D eigenvalue weighted by Gasteiger charge is 2.23. The van der Waals surface area contributed by atoms with Crippen LogP contribution in [0.2, 0.25) is 0 Å². The molecule has 6 heteroatoms. The lowest BCUT2D eigenvalue weighted by atomic mass is 9.92. The van der Waals surface area contributed by atoms with Gasteiger partial charge in [0, 0.05) is 21.8 Å². The third-order valence-electron chi connectivity index (χ3n) is 2.88. The molecule has 2 rings (SSSR count). The predicted octanol–water partition coefficient (Wildman–Crippen LogP) is 5.38. The Bertz CT molecular complexity index is 625. The van der Waals surface area contributed by atoms with Crippen molar-refractivity contribution in [2.45, 2.75) is 33.1 Å². The number of halogens is 2. The van der Waals surface area contributed by atoms with E-state index in [1.54, 1.807) is 11.3 Å². The zero-order chi connectivity index (χ0) is 15.1. The molecule has 0 amide bonds. The summed E-state index contributed by atoms with van der Waals surface area (Å²) in [6.07, 6.45) is 0. The van der Waals surface area contributed by atoms with E-state index in [1.165, 1.54) is 4.88 Å². The molecular weight excluding hydrogens is 402 g/mol. The number of anilines is 1. The summed E-state index contributed by atoms with van der Waals surface area (Å²) >= 11 is 8.86. The highest BCUT2D eigenvalue weighted by Crippen LogP contribution is 2.37. The summed E-state index contributed by atoms with van der Waals surface area (Å²) in [4.78, 5) is 11.7. The number of thiophene rings is 1. The number of hydrogen-bond acceptors (Lipinski definition) is 4. The van der Waals surface area contributed by atoms with Gasteiger partial charge in [-0.1, -0.05) is 20.8 Å². The fraction of sp³-hybridized carbons (Fsp3) is 0.429. The van der Waals surface area contributed by atoms with E-state index in [0.717, 1.165) is 31.2 Å². The van der Waals surface area contributed by atoms with Gasteiger partial charge in [0.05, 0.1) is 15.0 Å². The molecular formula is C14H17Br2N3S. The second-order valence-electron chi connectivity index (χ2n) is 5.57. The first-order valence-electron chi connectivity index (χ1n) is 6.26. The maximum absolute atomic E-state index is 4.77. The Morgan fingerprint density at radius 1 is 1.20 bits per heavy atom. The van der Waals surface area contributed by atoms with Crippen LogP contribution < -0.4 is 5.32 Å². The molecule has 0 unspecified atom stereocenters. The zero-order valence-electron chi connectivity index (χ0n) is 12.1. The van der Waals surface area contributed by atoms with Crippen LogP contribution in [0.1, 0.15) is 31.3 Å². The number of aryl methyl sites for hydroxylation is 1. The summed E-state index contributed by atoms with van der Waals surface area (Å²) in [5.74, 6) is 1.59. The first-order valence-corrected chi connectivity index (χ1v) is 8.66. The average molecular weight is 419 g/mol. The molecule has 1 N–H and O–H groups in total. The van der Waals surface area contributed by atoms with Gasteiger partial charge >= 0.3 is 0 Å². The number of hydrogen-bond donors (Lipinski definition) is 1. The smallest absolute Gasteiger partial charge is 0.172 e. The molecule has 0 aliphatic heterocycles. The fourth-order valence-electron chi connectivity index (χ4n) is 1.79. The van der Waals surface area contributed by atoms with Gasteiger partial charge in [-0.05, 0) is 44.8 Å². The molecule has 0 atom stereocenters. The van der Waals surface area contributed by atoms with E-state index < -0.39 is 0 Å². The van der Waals surface area contributed by atoms with Crippen LogP contribution in [0.15, 0.2) is 15.0 Å². The largest absolute Gasteiger partial charge is 0.372 e. The number of nitrogens with zero attached hydrogens (tertiary/aromatic N) is 2. The summed E-state index contributed by atoms with van der Waals surface area (Å²) in [6, 6.07) is 2.08. The lowest BCUT2D eigenvalue weighted by Crippen LogP contribution is -2.16. The normalized spacial score (nSPS) is 11.8. The predicted molar refractivity (Wildman–Crippen MR) is 93.7 cm³/mol. The fourth-order valence-corrected chi connectivity index (χ4v) is 4.23. The Labute approximate surface area is 140 Å². The third-order valence-corrected chi connectivity index (χ3v) is 5.76. The summed E-state index contributed by atoms with van der Waals surface area (Å²) in [7, 11) is 1.87. The van der Waals surface area contributed by atoms with Crippen molar-refractivity contribution in [2.75, 3.05) is 12.4 Å². The summed E-state index contributed by atoms with van der Waals surface area (Å²) in [6.45, 7) is 8.54. The monoisotopic (exact) mass is 417 g/mol. The Morgan fingerprint density at radius 2 is 1.85 bits per heavy atom. The quantitative estimate of drug-likeness (QED) is 0.711. The molecule has 0 aromatic carbocycles. The third kappa shape index (κ3) is 3.07. The average Bonchev–Trinajstić information content (AvgIpc) is 2.68. The maximum atomic E-state index is 4.77. The van der Waals surface area contributed by atoms with Gasteiger partial charge in [-0.2, -0.15) is 0 Å². The van der Waals surface area contributed by atoms with E-state index in [0.29, 0.717) is 0 Å². The second kappa shape index (κ2) is 5.73. The van der Waals surface area contributed by atoms with E-state index in [4.69, 9.17) is 4.98 Å². The van der Waals surface area contributed by atoms with Crippen LogP contribution in [0, 0.1) is 6.92 Å². The molecule has 0 saturated carbocycles. The molecule has 20 heavy (non-hydrogen) atoms. The standard InChI is InChI=1S/C14H17Br2N3S/c1-7-8(15)6-9(20-7)12-18-11(14(2,3)4)10(16)13(17-5)19-12/h6H,1-5H3,(H,17,18,19). The highest BCUT2D eigenvalue weighted by atomic mass is 79.9. The molecule has 0 saturated heterocycles. The molecule has 0 radical (unpaired) electrons.